The smallest absolute Gasteiger partial charge is 0.410 e. The maximum Gasteiger partial charge on any atom is 0.410 e. The lowest BCUT2D eigenvalue weighted by Crippen LogP contribution is -2.39. The van der Waals surface area contributed by atoms with Gasteiger partial charge in [0.25, 0.3) is 0 Å². The highest BCUT2D eigenvalue weighted by Gasteiger charge is 2.30. The molecule has 1 aliphatic rings. The minimum atomic E-state index is -0.266. The lowest BCUT2D eigenvalue weighted by molar-refractivity contribution is 0.0677. The van der Waals surface area contributed by atoms with Gasteiger partial charge in [-0.1, -0.05) is 48.0 Å². The Kier molecular flexibility index (Phi) is 5.36. The first kappa shape index (κ1) is 16.8. The summed E-state index contributed by atoms with van der Waals surface area (Å²) in [4.78, 5) is 18.7. The van der Waals surface area contributed by atoms with Crippen molar-refractivity contribution in [2.75, 3.05) is 6.54 Å². The van der Waals surface area contributed by atoms with Crippen molar-refractivity contribution in [3.8, 4) is 0 Å². The Bertz CT molecular complexity index is 706. The summed E-state index contributed by atoms with van der Waals surface area (Å²) in [6, 6.07) is 13.5. The Morgan fingerprint density at radius 1 is 1.25 bits per heavy atom. The molecule has 1 aromatic carbocycles. The van der Waals surface area contributed by atoms with E-state index in [2.05, 4.69) is 4.98 Å². The standard InChI is InChI=1S/C19H21ClN2O2/c1-14-16(10-11-18(20)21-14)17-9-5-6-12-22(17)19(23)24-13-15-7-3-2-4-8-15/h2-4,7-8,10-11,17H,5-6,9,12-13H2,1H3/t17-/m1/s1. The van der Waals surface area contributed by atoms with Crippen LogP contribution in [0.5, 0.6) is 0 Å². The average molecular weight is 345 g/mol. The molecule has 0 saturated carbocycles. The van der Waals surface area contributed by atoms with Crippen LogP contribution >= 0.6 is 11.6 Å². The summed E-state index contributed by atoms with van der Waals surface area (Å²) in [5.41, 5.74) is 2.91. The van der Waals surface area contributed by atoms with Crippen LogP contribution in [0.4, 0.5) is 4.79 Å². The number of benzene rings is 1. The lowest BCUT2D eigenvalue weighted by Gasteiger charge is -2.35. The van der Waals surface area contributed by atoms with Crippen LogP contribution in [0.15, 0.2) is 42.5 Å². The maximum atomic E-state index is 12.6. The first-order valence-corrected chi connectivity index (χ1v) is 8.63. The van der Waals surface area contributed by atoms with Gasteiger partial charge in [-0.05, 0) is 43.4 Å². The molecule has 1 amide bonds. The van der Waals surface area contributed by atoms with E-state index in [1.165, 1.54) is 0 Å². The van der Waals surface area contributed by atoms with E-state index in [1.807, 2.05) is 48.2 Å². The molecule has 0 spiro atoms. The topological polar surface area (TPSA) is 42.4 Å². The van der Waals surface area contributed by atoms with E-state index in [1.54, 1.807) is 6.07 Å². The molecule has 0 unspecified atom stereocenters. The number of ether oxygens (including phenoxy) is 1. The zero-order valence-electron chi connectivity index (χ0n) is 13.7. The van der Waals surface area contributed by atoms with Gasteiger partial charge in [-0.15, -0.1) is 0 Å². The third kappa shape index (κ3) is 3.88. The summed E-state index contributed by atoms with van der Waals surface area (Å²) in [6.07, 6.45) is 2.74. The number of piperidine rings is 1. The summed E-state index contributed by atoms with van der Waals surface area (Å²) in [5, 5.41) is 0.477. The molecule has 126 valence electrons. The van der Waals surface area contributed by atoms with Crippen LogP contribution in [0.25, 0.3) is 0 Å². The quantitative estimate of drug-likeness (QED) is 0.743. The first-order chi connectivity index (χ1) is 11.6. The average Bonchev–Trinajstić information content (AvgIpc) is 2.61. The van der Waals surface area contributed by atoms with Gasteiger partial charge in [-0.2, -0.15) is 0 Å². The number of hydrogen-bond acceptors (Lipinski definition) is 3. The highest BCUT2D eigenvalue weighted by atomic mass is 35.5. The van der Waals surface area contributed by atoms with Crippen LogP contribution in [-0.4, -0.2) is 22.5 Å². The third-order valence-corrected chi connectivity index (χ3v) is 4.60. The lowest BCUT2D eigenvalue weighted by atomic mass is 9.95. The van der Waals surface area contributed by atoms with E-state index >= 15 is 0 Å². The van der Waals surface area contributed by atoms with Gasteiger partial charge in [-0.3, -0.25) is 0 Å². The normalized spacial score (nSPS) is 17.6. The zero-order valence-corrected chi connectivity index (χ0v) is 14.5. The molecule has 4 nitrogen and oxygen atoms in total. The van der Waals surface area contributed by atoms with Crippen LogP contribution in [0.1, 0.15) is 42.1 Å². The molecule has 5 heteroatoms. The third-order valence-electron chi connectivity index (χ3n) is 4.39. The van der Waals surface area contributed by atoms with Crippen molar-refractivity contribution in [2.45, 2.75) is 38.8 Å². The fourth-order valence-electron chi connectivity index (χ4n) is 3.17. The summed E-state index contributed by atoms with van der Waals surface area (Å²) in [5.74, 6) is 0. The van der Waals surface area contributed by atoms with Crippen molar-refractivity contribution in [3.63, 3.8) is 0 Å². The van der Waals surface area contributed by atoms with Crippen molar-refractivity contribution in [1.29, 1.82) is 0 Å². The van der Waals surface area contributed by atoms with Gasteiger partial charge >= 0.3 is 6.09 Å². The number of aromatic nitrogens is 1. The van der Waals surface area contributed by atoms with Crippen molar-refractivity contribution in [1.82, 2.24) is 9.88 Å². The molecular formula is C19H21ClN2O2. The van der Waals surface area contributed by atoms with Crippen LogP contribution < -0.4 is 0 Å². The second kappa shape index (κ2) is 7.67. The maximum absolute atomic E-state index is 12.6. The van der Waals surface area contributed by atoms with Crippen molar-refractivity contribution in [2.24, 2.45) is 0 Å². The summed E-state index contributed by atoms with van der Waals surface area (Å²) < 4.78 is 5.52. The van der Waals surface area contributed by atoms with Crippen molar-refractivity contribution in [3.05, 3.63) is 64.4 Å². The first-order valence-electron chi connectivity index (χ1n) is 8.25. The Balaban J connectivity index is 1.73. The van der Waals surface area contributed by atoms with E-state index in [0.717, 1.165) is 36.1 Å². The monoisotopic (exact) mass is 344 g/mol. The predicted octanol–water partition coefficient (Wildman–Crippen LogP) is 4.91. The van der Waals surface area contributed by atoms with E-state index in [0.29, 0.717) is 18.3 Å². The van der Waals surface area contributed by atoms with Crippen LogP contribution in [-0.2, 0) is 11.3 Å². The number of likely N-dealkylation sites (tertiary alicyclic amines) is 1. The molecule has 1 aliphatic heterocycles. The van der Waals surface area contributed by atoms with E-state index in [4.69, 9.17) is 16.3 Å². The minimum absolute atomic E-state index is 0.00629. The number of pyridine rings is 1. The summed E-state index contributed by atoms with van der Waals surface area (Å²) in [6.45, 7) is 2.93. The zero-order chi connectivity index (χ0) is 16.9. The molecule has 1 fully saturated rings. The van der Waals surface area contributed by atoms with Gasteiger partial charge in [0.05, 0.1) is 6.04 Å². The predicted molar refractivity (Wildman–Crippen MR) is 93.9 cm³/mol. The largest absolute Gasteiger partial charge is 0.445 e. The molecule has 0 N–H and O–H groups in total. The number of nitrogens with zero attached hydrogens (tertiary/aromatic N) is 2. The van der Waals surface area contributed by atoms with E-state index in [-0.39, 0.29) is 12.1 Å². The number of amides is 1. The van der Waals surface area contributed by atoms with Crippen molar-refractivity contribution < 1.29 is 9.53 Å². The van der Waals surface area contributed by atoms with E-state index < -0.39 is 0 Å². The van der Waals surface area contributed by atoms with Crippen molar-refractivity contribution >= 4 is 17.7 Å². The molecule has 2 aromatic rings. The highest BCUT2D eigenvalue weighted by Crippen LogP contribution is 2.33. The number of aryl methyl sites for hydroxylation is 1. The molecule has 1 atom stereocenters. The molecule has 1 aromatic heterocycles. The van der Waals surface area contributed by atoms with Gasteiger partial charge in [0.2, 0.25) is 0 Å². The Morgan fingerprint density at radius 3 is 2.79 bits per heavy atom. The molecule has 24 heavy (non-hydrogen) atoms. The fourth-order valence-corrected chi connectivity index (χ4v) is 3.36. The summed E-state index contributed by atoms with van der Waals surface area (Å²) >= 11 is 5.96. The Morgan fingerprint density at radius 2 is 2.04 bits per heavy atom. The minimum Gasteiger partial charge on any atom is -0.445 e. The number of rotatable bonds is 3. The second-order valence-corrected chi connectivity index (χ2v) is 6.44. The van der Waals surface area contributed by atoms with Crippen LogP contribution in [0, 0.1) is 6.92 Å². The molecule has 2 heterocycles. The molecule has 0 radical (unpaired) electrons. The van der Waals surface area contributed by atoms with Crippen LogP contribution in [0.3, 0.4) is 0 Å². The number of carbonyl (C=O) groups is 1. The number of carbonyl (C=O) groups excluding carboxylic acids is 1. The van der Waals surface area contributed by atoms with Gasteiger partial charge in [-0.25, -0.2) is 9.78 Å². The summed E-state index contributed by atoms with van der Waals surface area (Å²) in [7, 11) is 0. The molecule has 0 bridgehead atoms. The van der Waals surface area contributed by atoms with Crippen LogP contribution in [0.2, 0.25) is 5.15 Å². The molecule has 1 saturated heterocycles. The van der Waals surface area contributed by atoms with Gasteiger partial charge in [0.1, 0.15) is 11.8 Å². The van der Waals surface area contributed by atoms with E-state index in [9.17, 15) is 4.79 Å². The van der Waals surface area contributed by atoms with Gasteiger partial charge in [0, 0.05) is 12.2 Å². The van der Waals surface area contributed by atoms with Gasteiger partial charge < -0.3 is 9.64 Å². The Hall–Kier alpha value is -2.07. The SMILES string of the molecule is Cc1nc(Cl)ccc1[C@H]1CCCCN1C(=O)OCc1ccccc1. The molecule has 0 aliphatic carbocycles. The Labute approximate surface area is 147 Å². The highest BCUT2D eigenvalue weighted by molar-refractivity contribution is 6.29. The fraction of sp³-hybridized carbons (Fsp3) is 0.368. The number of hydrogen-bond donors (Lipinski definition) is 0. The van der Waals surface area contributed by atoms with Gasteiger partial charge in [0.15, 0.2) is 0 Å². The number of halogens is 1. The molecule has 3 rings (SSSR count). The molecular weight excluding hydrogens is 324 g/mol. The second-order valence-electron chi connectivity index (χ2n) is 6.05.